The SMILES string of the molecule is C=CC(=O)c1cccc2c1OCC2. The Kier molecular flexibility index (Phi) is 1.89. The lowest BCUT2D eigenvalue weighted by molar-refractivity contribution is 0.104. The van der Waals surface area contributed by atoms with Crippen molar-refractivity contribution in [2.45, 2.75) is 6.42 Å². The van der Waals surface area contributed by atoms with E-state index in [0.717, 1.165) is 17.7 Å². The number of fused-ring (bicyclic) bond motifs is 1. The summed E-state index contributed by atoms with van der Waals surface area (Å²) in [6.45, 7) is 4.13. The van der Waals surface area contributed by atoms with E-state index in [4.69, 9.17) is 4.74 Å². The van der Waals surface area contributed by atoms with E-state index in [1.165, 1.54) is 6.08 Å². The van der Waals surface area contributed by atoms with Gasteiger partial charge >= 0.3 is 0 Å². The molecule has 2 nitrogen and oxygen atoms in total. The van der Waals surface area contributed by atoms with E-state index < -0.39 is 0 Å². The molecule has 13 heavy (non-hydrogen) atoms. The van der Waals surface area contributed by atoms with Crippen molar-refractivity contribution in [2.75, 3.05) is 6.61 Å². The molecule has 0 saturated carbocycles. The van der Waals surface area contributed by atoms with Gasteiger partial charge in [-0.15, -0.1) is 0 Å². The Balaban J connectivity index is 2.53. The number of para-hydroxylation sites is 1. The Morgan fingerprint density at radius 1 is 1.54 bits per heavy atom. The molecule has 0 bridgehead atoms. The topological polar surface area (TPSA) is 26.3 Å². The monoisotopic (exact) mass is 174 g/mol. The second kappa shape index (κ2) is 3.05. The summed E-state index contributed by atoms with van der Waals surface area (Å²) in [6, 6.07) is 5.64. The average Bonchev–Trinajstić information content (AvgIpc) is 2.63. The fourth-order valence-corrected chi connectivity index (χ4v) is 1.52. The van der Waals surface area contributed by atoms with Crippen LogP contribution in [0.15, 0.2) is 30.9 Å². The van der Waals surface area contributed by atoms with E-state index in [1.807, 2.05) is 12.1 Å². The number of benzene rings is 1. The van der Waals surface area contributed by atoms with Crippen LogP contribution in [0.4, 0.5) is 0 Å². The maximum atomic E-state index is 11.4. The largest absolute Gasteiger partial charge is 0.492 e. The summed E-state index contributed by atoms with van der Waals surface area (Å²) in [6.07, 6.45) is 2.21. The van der Waals surface area contributed by atoms with Gasteiger partial charge in [-0.05, 0) is 17.7 Å². The van der Waals surface area contributed by atoms with Crippen LogP contribution >= 0.6 is 0 Å². The van der Waals surface area contributed by atoms with E-state index in [1.54, 1.807) is 6.07 Å². The van der Waals surface area contributed by atoms with E-state index in [2.05, 4.69) is 6.58 Å². The number of hydrogen-bond donors (Lipinski definition) is 0. The highest BCUT2D eigenvalue weighted by molar-refractivity contribution is 6.06. The van der Waals surface area contributed by atoms with Crippen LogP contribution in [0.3, 0.4) is 0 Å². The fourth-order valence-electron chi connectivity index (χ4n) is 1.52. The van der Waals surface area contributed by atoms with Crippen molar-refractivity contribution in [3.63, 3.8) is 0 Å². The molecule has 0 spiro atoms. The predicted molar refractivity (Wildman–Crippen MR) is 50.2 cm³/mol. The number of hydrogen-bond acceptors (Lipinski definition) is 2. The lowest BCUT2D eigenvalue weighted by Crippen LogP contribution is -1.97. The number of allylic oxidation sites excluding steroid dienone is 1. The van der Waals surface area contributed by atoms with Gasteiger partial charge in [0.05, 0.1) is 12.2 Å². The molecule has 1 aliphatic heterocycles. The van der Waals surface area contributed by atoms with Crippen LogP contribution in [-0.4, -0.2) is 12.4 Å². The zero-order chi connectivity index (χ0) is 9.26. The third kappa shape index (κ3) is 1.24. The molecule has 1 heterocycles. The number of ketones is 1. The van der Waals surface area contributed by atoms with E-state index >= 15 is 0 Å². The van der Waals surface area contributed by atoms with Gasteiger partial charge in [-0.2, -0.15) is 0 Å². The van der Waals surface area contributed by atoms with Gasteiger partial charge in [0.25, 0.3) is 0 Å². The van der Waals surface area contributed by atoms with Crippen LogP contribution in [0, 0.1) is 0 Å². The molecule has 0 unspecified atom stereocenters. The van der Waals surface area contributed by atoms with Crippen LogP contribution in [0.5, 0.6) is 5.75 Å². The quantitative estimate of drug-likeness (QED) is 0.506. The summed E-state index contributed by atoms with van der Waals surface area (Å²) in [5.74, 6) is 0.672. The smallest absolute Gasteiger partial charge is 0.188 e. The molecular weight excluding hydrogens is 164 g/mol. The average molecular weight is 174 g/mol. The van der Waals surface area contributed by atoms with Gasteiger partial charge in [0.2, 0.25) is 0 Å². The fraction of sp³-hybridized carbons (Fsp3) is 0.182. The predicted octanol–water partition coefficient (Wildman–Crippen LogP) is 1.99. The number of carbonyl (C=O) groups is 1. The van der Waals surface area contributed by atoms with Crippen molar-refractivity contribution in [3.8, 4) is 5.75 Å². The Labute approximate surface area is 76.8 Å². The van der Waals surface area contributed by atoms with Crippen molar-refractivity contribution >= 4 is 5.78 Å². The van der Waals surface area contributed by atoms with Gasteiger partial charge in [0, 0.05) is 6.42 Å². The molecule has 0 N–H and O–H groups in total. The van der Waals surface area contributed by atoms with Gasteiger partial charge < -0.3 is 4.74 Å². The maximum Gasteiger partial charge on any atom is 0.188 e. The third-order valence-electron chi connectivity index (χ3n) is 2.17. The summed E-state index contributed by atoms with van der Waals surface area (Å²) in [5, 5.41) is 0. The third-order valence-corrected chi connectivity index (χ3v) is 2.17. The van der Waals surface area contributed by atoms with Crippen LogP contribution < -0.4 is 4.74 Å². The molecule has 0 fully saturated rings. The lowest BCUT2D eigenvalue weighted by Gasteiger charge is -2.03. The Hall–Kier alpha value is -1.57. The lowest BCUT2D eigenvalue weighted by atomic mass is 10.1. The highest BCUT2D eigenvalue weighted by Crippen LogP contribution is 2.29. The summed E-state index contributed by atoms with van der Waals surface area (Å²) >= 11 is 0. The van der Waals surface area contributed by atoms with Crippen LogP contribution in [0.1, 0.15) is 15.9 Å². The van der Waals surface area contributed by atoms with Crippen LogP contribution in [-0.2, 0) is 6.42 Å². The molecule has 2 heteroatoms. The zero-order valence-corrected chi connectivity index (χ0v) is 7.25. The zero-order valence-electron chi connectivity index (χ0n) is 7.25. The molecule has 0 aliphatic carbocycles. The summed E-state index contributed by atoms with van der Waals surface area (Å²) < 4.78 is 5.38. The first-order chi connectivity index (χ1) is 6.33. The van der Waals surface area contributed by atoms with Crippen molar-refractivity contribution in [1.82, 2.24) is 0 Å². The first kappa shape index (κ1) is 8.05. The molecule has 2 rings (SSSR count). The van der Waals surface area contributed by atoms with Gasteiger partial charge in [-0.25, -0.2) is 0 Å². The molecule has 0 radical (unpaired) electrons. The normalized spacial score (nSPS) is 13.2. The van der Waals surface area contributed by atoms with Gasteiger partial charge in [0.15, 0.2) is 5.78 Å². The van der Waals surface area contributed by atoms with Crippen molar-refractivity contribution in [1.29, 1.82) is 0 Å². The second-order valence-electron chi connectivity index (χ2n) is 2.96. The van der Waals surface area contributed by atoms with Crippen molar-refractivity contribution in [3.05, 3.63) is 42.0 Å². The molecule has 1 aliphatic rings. The summed E-state index contributed by atoms with van der Waals surface area (Å²) in [4.78, 5) is 11.4. The Morgan fingerprint density at radius 3 is 3.15 bits per heavy atom. The molecule has 0 saturated heterocycles. The highest BCUT2D eigenvalue weighted by Gasteiger charge is 2.18. The van der Waals surface area contributed by atoms with E-state index in [-0.39, 0.29) is 5.78 Å². The minimum atomic E-state index is -0.0706. The summed E-state index contributed by atoms with van der Waals surface area (Å²) in [7, 11) is 0. The van der Waals surface area contributed by atoms with Crippen molar-refractivity contribution in [2.24, 2.45) is 0 Å². The van der Waals surface area contributed by atoms with E-state index in [0.29, 0.717) is 12.2 Å². The molecule has 0 atom stereocenters. The number of carbonyl (C=O) groups excluding carboxylic acids is 1. The molecule has 66 valence electrons. The summed E-state index contributed by atoms with van der Waals surface area (Å²) in [5.41, 5.74) is 1.75. The second-order valence-corrected chi connectivity index (χ2v) is 2.96. The Bertz CT molecular complexity index is 366. The van der Waals surface area contributed by atoms with Crippen molar-refractivity contribution < 1.29 is 9.53 Å². The van der Waals surface area contributed by atoms with E-state index in [9.17, 15) is 4.79 Å². The highest BCUT2D eigenvalue weighted by atomic mass is 16.5. The van der Waals surface area contributed by atoms with Gasteiger partial charge in [-0.3, -0.25) is 4.79 Å². The van der Waals surface area contributed by atoms with Gasteiger partial charge in [0.1, 0.15) is 5.75 Å². The molecule has 0 amide bonds. The number of rotatable bonds is 2. The molecular formula is C11H10O2. The molecule has 1 aromatic carbocycles. The first-order valence-corrected chi connectivity index (χ1v) is 4.24. The maximum absolute atomic E-state index is 11.4. The van der Waals surface area contributed by atoms with Crippen LogP contribution in [0.2, 0.25) is 0 Å². The Morgan fingerprint density at radius 2 is 2.38 bits per heavy atom. The minimum Gasteiger partial charge on any atom is -0.492 e. The minimum absolute atomic E-state index is 0.0706. The molecule has 0 aromatic heterocycles. The number of ether oxygens (including phenoxy) is 1. The standard InChI is InChI=1S/C11H10O2/c1-2-10(12)9-5-3-4-8-6-7-13-11(8)9/h2-5H,1,6-7H2. The van der Waals surface area contributed by atoms with Crippen LogP contribution in [0.25, 0.3) is 0 Å². The van der Waals surface area contributed by atoms with Gasteiger partial charge in [-0.1, -0.05) is 18.7 Å². The molecule has 1 aromatic rings. The first-order valence-electron chi connectivity index (χ1n) is 4.24.